The minimum Gasteiger partial charge on any atom is -0.485 e. The highest BCUT2D eigenvalue weighted by Gasteiger charge is 2.32. The molecular formula is C14H18ClN3O3. The first-order chi connectivity index (χ1) is 9.97. The Hall–Kier alpha value is -1.95. The summed E-state index contributed by atoms with van der Waals surface area (Å²) in [5.41, 5.74) is 0. The van der Waals surface area contributed by atoms with Crippen molar-refractivity contribution in [3.8, 4) is 5.75 Å². The first-order valence-electron chi connectivity index (χ1n) is 6.61. The van der Waals surface area contributed by atoms with Crippen LogP contribution in [0.2, 0.25) is 5.02 Å². The number of likely N-dealkylation sites (tertiary alicyclic amines) is 1. The largest absolute Gasteiger partial charge is 0.485 e. The van der Waals surface area contributed by atoms with Crippen LogP contribution in [0, 0.1) is 0 Å². The number of nitrogens with zero attached hydrogens (tertiary/aromatic N) is 2. The van der Waals surface area contributed by atoms with Gasteiger partial charge in [-0.2, -0.15) is 0 Å². The third kappa shape index (κ3) is 4.01. The van der Waals surface area contributed by atoms with Crippen molar-refractivity contribution in [2.45, 2.75) is 6.10 Å². The fourth-order valence-electron chi connectivity index (χ4n) is 1.86. The highest BCUT2D eigenvalue weighted by Crippen LogP contribution is 2.26. The zero-order valence-corrected chi connectivity index (χ0v) is 12.8. The lowest BCUT2D eigenvalue weighted by Gasteiger charge is -2.39. The van der Waals surface area contributed by atoms with Crippen LogP contribution in [0.1, 0.15) is 0 Å². The van der Waals surface area contributed by atoms with Crippen molar-refractivity contribution in [3.05, 3.63) is 29.3 Å². The number of urea groups is 1. The van der Waals surface area contributed by atoms with E-state index >= 15 is 0 Å². The van der Waals surface area contributed by atoms with Crippen molar-refractivity contribution in [1.82, 2.24) is 15.1 Å². The Labute approximate surface area is 128 Å². The Morgan fingerprint density at radius 1 is 1.38 bits per heavy atom. The molecule has 1 N–H and O–H groups in total. The Morgan fingerprint density at radius 2 is 2.05 bits per heavy atom. The van der Waals surface area contributed by atoms with Gasteiger partial charge < -0.3 is 19.9 Å². The molecule has 114 valence electrons. The molecule has 1 aliphatic heterocycles. The van der Waals surface area contributed by atoms with E-state index in [4.69, 9.17) is 16.3 Å². The molecule has 1 aromatic rings. The fraction of sp³-hybridized carbons (Fsp3) is 0.429. The second kappa shape index (κ2) is 6.67. The number of hydrogen-bond donors (Lipinski definition) is 1. The summed E-state index contributed by atoms with van der Waals surface area (Å²) in [6.07, 6.45) is -0.0570. The van der Waals surface area contributed by atoms with Gasteiger partial charge in [0.2, 0.25) is 5.91 Å². The van der Waals surface area contributed by atoms with Crippen LogP contribution in [-0.4, -0.2) is 61.6 Å². The van der Waals surface area contributed by atoms with E-state index in [9.17, 15) is 9.59 Å². The van der Waals surface area contributed by atoms with Crippen LogP contribution in [0.3, 0.4) is 0 Å². The van der Waals surface area contributed by atoms with Crippen molar-refractivity contribution in [3.63, 3.8) is 0 Å². The van der Waals surface area contributed by atoms with Crippen LogP contribution in [0.25, 0.3) is 0 Å². The van der Waals surface area contributed by atoms with E-state index < -0.39 is 0 Å². The van der Waals surface area contributed by atoms with Gasteiger partial charge in [-0.25, -0.2) is 4.79 Å². The third-order valence-corrected chi connectivity index (χ3v) is 3.44. The molecular weight excluding hydrogens is 294 g/mol. The lowest BCUT2D eigenvalue weighted by atomic mass is 10.1. The minimum absolute atomic E-state index is 0.00414. The summed E-state index contributed by atoms with van der Waals surface area (Å²) in [5.74, 6) is 0.501. The average Bonchev–Trinajstić information content (AvgIpc) is 2.41. The summed E-state index contributed by atoms with van der Waals surface area (Å²) in [5, 5.41) is 3.09. The van der Waals surface area contributed by atoms with Gasteiger partial charge in [0.05, 0.1) is 24.7 Å². The number of ether oxygens (including phenoxy) is 1. The van der Waals surface area contributed by atoms with Gasteiger partial charge in [0.15, 0.2) is 0 Å². The van der Waals surface area contributed by atoms with Crippen molar-refractivity contribution in [2.75, 3.05) is 33.7 Å². The predicted octanol–water partition coefficient (Wildman–Crippen LogP) is 1.20. The molecule has 0 aliphatic carbocycles. The molecule has 0 bridgehead atoms. The minimum atomic E-state index is -0.284. The van der Waals surface area contributed by atoms with Gasteiger partial charge in [-0.3, -0.25) is 4.79 Å². The van der Waals surface area contributed by atoms with Gasteiger partial charge in [0, 0.05) is 14.1 Å². The van der Waals surface area contributed by atoms with Crippen molar-refractivity contribution in [1.29, 1.82) is 0 Å². The normalized spacial score (nSPS) is 14.3. The van der Waals surface area contributed by atoms with Crippen LogP contribution in [-0.2, 0) is 4.79 Å². The smallest absolute Gasteiger partial charge is 0.317 e. The average molecular weight is 312 g/mol. The summed E-state index contributed by atoms with van der Waals surface area (Å²) in [6, 6.07) is 6.95. The Balaban J connectivity index is 1.73. The van der Waals surface area contributed by atoms with Gasteiger partial charge in [0.1, 0.15) is 11.9 Å². The van der Waals surface area contributed by atoms with E-state index in [1.807, 2.05) is 12.1 Å². The van der Waals surface area contributed by atoms with E-state index in [1.165, 1.54) is 4.90 Å². The Morgan fingerprint density at radius 3 is 2.67 bits per heavy atom. The molecule has 2 rings (SSSR count). The van der Waals surface area contributed by atoms with Crippen molar-refractivity contribution in [2.24, 2.45) is 0 Å². The molecule has 1 heterocycles. The van der Waals surface area contributed by atoms with Crippen LogP contribution in [0.15, 0.2) is 24.3 Å². The monoisotopic (exact) mass is 311 g/mol. The van der Waals surface area contributed by atoms with E-state index in [-0.39, 0.29) is 24.6 Å². The highest BCUT2D eigenvalue weighted by atomic mass is 35.5. The first kappa shape index (κ1) is 15.4. The number of carbonyl (C=O) groups excluding carboxylic acids is 2. The molecule has 1 aromatic carbocycles. The van der Waals surface area contributed by atoms with E-state index in [2.05, 4.69) is 5.32 Å². The van der Waals surface area contributed by atoms with E-state index in [1.54, 1.807) is 31.1 Å². The molecule has 0 unspecified atom stereocenters. The molecule has 0 aromatic heterocycles. The van der Waals surface area contributed by atoms with Crippen LogP contribution in [0.5, 0.6) is 5.75 Å². The second-order valence-electron chi connectivity index (χ2n) is 5.02. The topological polar surface area (TPSA) is 61.9 Å². The van der Waals surface area contributed by atoms with Crippen molar-refractivity contribution >= 4 is 23.5 Å². The molecule has 1 saturated heterocycles. The summed E-state index contributed by atoms with van der Waals surface area (Å²) >= 11 is 6.00. The summed E-state index contributed by atoms with van der Waals surface area (Å²) < 4.78 is 5.70. The van der Waals surface area contributed by atoms with Crippen LogP contribution >= 0.6 is 11.6 Å². The Kier molecular flexibility index (Phi) is 4.90. The molecule has 1 aliphatic rings. The number of nitrogens with one attached hydrogen (secondary N) is 1. The summed E-state index contributed by atoms with van der Waals surface area (Å²) in [7, 11) is 3.24. The maximum absolute atomic E-state index is 11.8. The third-order valence-electron chi connectivity index (χ3n) is 3.13. The zero-order chi connectivity index (χ0) is 15.4. The van der Waals surface area contributed by atoms with Gasteiger partial charge in [-0.05, 0) is 12.1 Å². The molecule has 7 heteroatoms. The number of amides is 3. The molecule has 0 saturated carbocycles. The number of halogens is 1. The standard InChI is InChI=1S/C14H18ClN3O3/c1-17(2)14(20)16-7-13(19)18-8-10(9-18)21-12-6-4-3-5-11(12)15/h3-6,10H,7-9H2,1-2H3,(H,16,20). The highest BCUT2D eigenvalue weighted by molar-refractivity contribution is 6.32. The maximum Gasteiger partial charge on any atom is 0.317 e. The predicted molar refractivity (Wildman–Crippen MR) is 79.5 cm³/mol. The van der Waals surface area contributed by atoms with Gasteiger partial charge in [-0.1, -0.05) is 23.7 Å². The molecule has 21 heavy (non-hydrogen) atoms. The summed E-state index contributed by atoms with van der Waals surface area (Å²) in [6.45, 7) is 1.000. The molecule has 0 atom stereocenters. The molecule has 0 radical (unpaired) electrons. The second-order valence-corrected chi connectivity index (χ2v) is 5.43. The molecule has 1 fully saturated rings. The quantitative estimate of drug-likeness (QED) is 0.909. The summed E-state index contributed by atoms with van der Waals surface area (Å²) in [4.78, 5) is 26.2. The lowest BCUT2D eigenvalue weighted by molar-refractivity contribution is -0.138. The Bertz CT molecular complexity index is 530. The number of rotatable bonds is 4. The van der Waals surface area contributed by atoms with Gasteiger partial charge >= 0.3 is 6.03 Å². The van der Waals surface area contributed by atoms with Gasteiger partial charge in [-0.15, -0.1) is 0 Å². The zero-order valence-electron chi connectivity index (χ0n) is 12.0. The molecule has 0 spiro atoms. The maximum atomic E-state index is 11.8. The number of para-hydroxylation sites is 1. The van der Waals surface area contributed by atoms with Crippen molar-refractivity contribution < 1.29 is 14.3 Å². The van der Waals surface area contributed by atoms with Gasteiger partial charge in [0.25, 0.3) is 0 Å². The van der Waals surface area contributed by atoms with E-state index in [0.717, 1.165) is 0 Å². The van der Waals surface area contributed by atoms with Crippen LogP contribution < -0.4 is 10.1 Å². The number of carbonyl (C=O) groups is 2. The number of hydrogen-bond acceptors (Lipinski definition) is 3. The molecule has 6 nitrogen and oxygen atoms in total. The lowest BCUT2D eigenvalue weighted by Crippen LogP contribution is -2.58. The molecule has 3 amide bonds. The first-order valence-corrected chi connectivity index (χ1v) is 6.99. The number of benzene rings is 1. The van der Waals surface area contributed by atoms with Crippen LogP contribution in [0.4, 0.5) is 4.79 Å². The fourth-order valence-corrected chi connectivity index (χ4v) is 2.04. The SMILES string of the molecule is CN(C)C(=O)NCC(=O)N1CC(Oc2ccccc2Cl)C1. The van der Waals surface area contributed by atoms with E-state index in [0.29, 0.717) is 23.9 Å².